The summed E-state index contributed by atoms with van der Waals surface area (Å²) in [7, 11) is 0. The van der Waals surface area contributed by atoms with E-state index < -0.39 is 30.9 Å². The molecule has 0 N–H and O–H groups in total. The van der Waals surface area contributed by atoms with Crippen LogP contribution in [0.1, 0.15) is 12.0 Å². The lowest BCUT2D eigenvalue weighted by Gasteiger charge is -2.22. The zero-order chi connectivity index (χ0) is 21.4. The fourth-order valence-corrected chi connectivity index (χ4v) is 2.80. The lowest BCUT2D eigenvalue weighted by atomic mass is 10.2. The van der Waals surface area contributed by atoms with Gasteiger partial charge >= 0.3 is 5.97 Å². The van der Waals surface area contributed by atoms with E-state index in [2.05, 4.69) is 15.9 Å². The molecule has 6 nitrogen and oxygen atoms in total. The number of rotatable bonds is 8. The third-order valence-corrected chi connectivity index (χ3v) is 4.71. The number of esters is 1. The number of hydrogen-bond donors (Lipinski definition) is 0. The number of nitriles is 1. The molecule has 0 bridgehead atoms. The molecule has 9 heteroatoms. The van der Waals surface area contributed by atoms with Crippen molar-refractivity contribution in [2.24, 2.45) is 0 Å². The number of aryl methyl sites for hydroxylation is 1. The van der Waals surface area contributed by atoms with Gasteiger partial charge in [0.2, 0.25) is 0 Å². The van der Waals surface area contributed by atoms with Gasteiger partial charge in [0, 0.05) is 21.7 Å². The minimum atomic E-state index is -0.826. The molecule has 29 heavy (non-hydrogen) atoms. The van der Waals surface area contributed by atoms with E-state index >= 15 is 0 Å². The summed E-state index contributed by atoms with van der Waals surface area (Å²) in [4.78, 5) is 25.7. The molecule has 0 aliphatic carbocycles. The molecule has 0 aliphatic heterocycles. The maximum absolute atomic E-state index is 13.7. The summed E-state index contributed by atoms with van der Waals surface area (Å²) in [5, 5.41) is 9.38. The van der Waals surface area contributed by atoms with Crippen LogP contribution in [0.3, 0.4) is 0 Å². The van der Waals surface area contributed by atoms with Crippen molar-refractivity contribution in [3.63, 3.8) is 0 Å². The highest BCUT2D eigenvalue weighted by Crippen LogP contribution is 2.23. The van der Waals surface area contributed by atoms with Gasteiger partial charge in [0.25, 0.3) is 5.91 Å². The van der Waals surface area contributed by atoms with E-state index in [4.69, 9.17) is 26.3 Å². The number of carbonyl (C=O) groups is 2. The standard InChI is InChI=1S/C20H17BrClFN2O4/c1-13-9-15(4-5-16(13)22)25(8-2-7-24)19(26)11-29-20(27)12-28-18-6-3-14(21)10-17(18)23/h3-6,9-10H,2,8,11-12H2,1H3. The first-order chi connectivity index (χ1) is 13.8. The molecule has 0 saturated heterocycles. The number of ether oxygens (including phenoxy) is 2. The minimum Gasteiger partial charge on any atom is -0.479 e. The summed E-state index contributed by atoms with van der Waals surface area (Å²) < 4.78 is 24.2. The molecule has 0 fully saturated rings. The van der Waals surface area contributed by atoms with Gasteiger partial charge in [-0.3, -0.25) is 4.79 Å². The number of benzene rings is 2. The zero-order valence-corrected chi connectivity index (χ0v) is 17.8. The molecule has 0 atom stereocenters. The Labute approximate surface area is 180 Å². The number of hydrogen-bond acceptors (Lipinski definition) is 5. The lowest BCUT2D eigenvalue weighted by Crippen LogP contribution is -2.36. The Bertz CT molecular complexity index is 949. The van der Waals surface area contributed by atoms with Crippen molar-refractivity contribution >= 4 is 45.1 Å². The molecule has 0 saturated carbocycles. The van der Waals surface area contributed by atoms with Crippen LogP contribution in [0.25, 0.3) is 0 Å². The van der Waals surface area contributed by atoms with Crippen molar-refractivity contribution in [2.75, 3.05) is 24.7 Å². The molecular weight excluding hydrogens is 467 g/mol. The van der Waals surface area contributed by atoms with Gasteiger partial charge in [-0.25, -0.2) is 9.18 Å². The topological polar surface area (TPSA) is 79.6 Å². The molecule has 152 valence electrons. The van der Waals surface area contributed by atoms with E-state index in [1.165, 1.54) is 17.0 Å². The number of halogens is 3. The number of nitrogens with zero attached hydrogens (tertiary/aromatic N) is 2. The van der Waals surface area contributed by atoms with Gasteiger partial charge in [-0.05, 0) is 48.9 Å². The lowest BCUT2D eigenvalue weighted by molar-refractivity contribution is -0.149. The summed E-state index contributed by atoms with van der Waals surface area (Å²) in [6, 6.07) is 11.1. The second-order valence-corrected chi connectivity index (χ2v) is 7.23. The molecule has 0 unspecified atom stereocenters. The van der Waals surface area contributed by atoms with Crippen molar-refractivity contribution in [1.29, 1.82) is 5.26 Å². The Hall–Kier alpha value is -2.63. The van der Waals surface area contributed by atoms with Crippen LogP contribution in [0.15, 0.2) is 40.9 Å². The van der Waals surface area contributed by atoms with Crippen molar-refractivity contribution in [3.05, 3.63) is 57.3 Å². The number of carbonyl (C=O) groups excluding carboxylic acids is 2. The molecule has 2 aromatic rings. The van der Waals surface area contributed by atoms with Gasteiger partial charge < -0.3 is 14.4 Å². The normalized spacial score (nSPS) is 10.2. The average molecular weight is 484 g/mol. The van der Waals surface area contributed by atoms with Crippen molar-refractivity contribution in [1.82, 2.24) is 0 Å². The Balaban J connectivity index is 1.95. The first-order valence-electron chi connectivity index (χ1n) is 8.48. The smallest absolute Gasteiger partial charge is 0.344 e. The van der Waals surface area contributed by atoms with Crippen LogP contribution in [0.4, 0.5) is 10.1 Å². The molecule has 0 heterocycles. The minimum absolute atomic E-state index is 0.104. The molecule has 0 spiro atoms. The van der Waals surface area contributed by atoms with Crippen LogP contribution in [0, 0.1) is 24.1 Å². The van der Waals surface area contributed by atoms with Crippen molar-refractivity contribution in [3.8, 4) is 11.8 Å². The van der Waals surface area contributed by atoms with E-state index in [0.29, 0.717) is 15.2 Å². The van der Waals surface area contributed by atoms with Gasteiger partial charge in [0.15, 0.2) is 24.8 Å². The average Bonchev–Trinajstić information content (AvgIpc) is 2.68. The summed E-state index contributed by atoms with van der Waals surface area (Å²) in [6.45, 7) is 0.828. The summed E-state index contributed by atoms with van der Waals surface area (Å²) in [6.07, 6.45) is 0.104. The Kier molecular flexibility index (Phi) is 8.43. The van der Waals surface area contributed by atoms with Crippen LogP contribution < -0.4 is 9.64 Å². The van der Waals surface area contributed by atoms with Crippen LogP contribution in [0.2, 0.25) is 5.02 Å². The van der Waals surface area contributed by atoms with Crippen LogP contribution in [-0.4, -0.2) is 31.6 Å². The summed E-state index contributed by atoms with van der Waals surface area (Å²) >= 11 is 9.13. The number of amides is 1. The predicted molar refractivity (Wildman–Crippen MR) is 109 cm³/mol. The third kappa shape index (κ3) is 6.73. The molecule has 1 amide bonds. The molecule has 2 aromatic carbocycles. The Morgan fingerprint density at radius 3 is 2.66 bits per heavy atom. The second kappa shape index (κ2) is 10.8. The van der Waals surface area contributed by atoms with Gasteiger partial charge in [-0.2, -0.15) is 5.26 Å². The highest BCUT2D eigenvalue weighted by Gasteiger charge is 2.18. The summed E-state index contributed by atoms with van der Waals surface area (Å²) in [5.41, 5.74) is 1.30. The highest BCUT2D eigenvalue weighted by molar-refractivity contribution is 9.10. The van der Waals surface area contributed by atoms with E-state index in [1.54, 1.807) is 31.2 Å². The molecule has 0 radical (unpaired) electrons. The predicted octanol–water partition coefficient (Wildman–Crippen LogP) is 4.42. The van der Waals surface area contributed by atoms with Crippen LogP contribution >= 0.6 is 27.5 Å². The SMILES string of the molecule is Cc1cc(N(CCC#N)C(=O)COC(=O)COc2ccc(Br)cc2F)ccc1Cl. The van der Waals surface area contributed by atoms with Crippen molar-refractivity contribution < 1.29 is 23.5 Å². The van der Waals surface area contributed by atoms with Gasteiger partial charge in [-0.1, -0.05) is 27.5 Å². The molecule has 2 rings (SSSR count). The van der Waals surface area contributed by atoms with E-state index in [9.17, 15) is 14.0 Å². The maximum Gasteiger partial charge on any atom is 0.344 e. The molecule has 0 aliphatic rings. The first-order valence-corrected chi connectivity index (χ1v) is 9.66. The Morgan fingerprint density at radius 2 is 2.00 bits per heavy atom. The largest absolute Gasteiger partial charge is 0.479 e. The highest BCUT2D eigenvalue weighted by atomic mass is 79.9. The fourth-order valence-electron chi connectivity index (χ4n) is 2.35. The van der Waals surface area contributed by atoms with Crippen LogP contribution in [0.5, 0.6) is 5.75 Å². The monoisotopic (exact) mass is 482 g/mol. The van der Waals surface area contributed by atoms with E-state index in [0.717, 1.165) is 5.56 Å². The quantitative estimate of drug-likeness (QED) is 0.519. The summed E-state index contributed by atoms with van der Waals surface area (Å²) in [5.74, 6) is -2.08. The first kappa shape index (κ1) is 22.7. The second-order valence-electron chi connectivity index (χ2n) is 5.91. The zero-order valence-electron chi connectivity index (χ0n) is 15.5. The van der Waals surface area contributed by atoms with Crippen LogP contribution in [-0.2, 0) is 14.3 Å². The van der Waals surface area contributed by atoms with E-state index in [-0.39, 0.29) is 18.7 Å². The van der Waals surface area contributed by atoms with Gasteiger partial charge in [0.05, 0.1) is 12.5 Å². The third-order valence-electron chi connectivity index (χ3n) is 3.80. The van der Waals surface area contributed by atoms with Gasteiger partial charge in [0.1, 0.15) is 0 Å². The van der Waals surface area contributed by atoms with Crippen molar-refractivity contribution in [2.45, 2.75) is 13.3 Å². The van der Waals surface area contributed by atoms with Gasteiger partial charge in [-0.15, -0.1) is 0 Å². The molecule has 0 aromatic heterocycles. The fraction of sp³-hybridized carbons (Fsp3) is 0.250. The maximum atomic E-state index is 13.7. The Morgan fingerprint density at radius 1 is 1.24 bits per heavy atom. The van der Waals surface area contributed by atoms with E-state index in [1.807, 2.05) is 6.07 Å². The number of anilines is 1. The molecular formula is C20H17BrClFN2O4.